The van der Waals surface area contributed by atoms with Gasteiger partial charge in [0.2, 0.25) is 0 Å². The number of carbonyl (C=O) groups is 3. The van der Waals surface area contributed by atoms with Crippen molar-refractivity contribution in [1.82, 2.24) is 30.2 Å². The highest BCUT2D eigenvalue weighted by molar-refractivity contribution is 5.98. The number of rotatable bonds is 9. The quantitative estimate of drug-likeness (QED) is 0.133. The van der Waals surface area contributed by atoms with Crippen LogP contribution in [0.25, 0.3) is 5.78 Å². The summed E-state index contributed by atoms with van der Waals surface area (Å²) in [5.74, 6) is -2.65. The number of aromatic amines is 1. The number of carboxylic acid groups (broad SMARTS) is 1. The Bertz CT molecular complexity index is 2000. The Morgan fingerprint density at radius 1 is 1.02 bits per heavy atom. The number of benzene rings is 2. The molecule has 1 atom stereocenters. The number of nitrogens with one attached hydrogen (secondary N) is 4. The van der Waals surface area contributed by atoms with Crippen LogP contribution in [-0.2, 0) is 6.54 Å². The van der Waals surface area contributed by atoms with Crippen LogP contribution in [-0.4, -0.2) is 42.5 Å². The second kappa shape index (κ2) is 10.8. The third-order valence-corrected chi connectivity index (χ3v) is 6.46. The van der Waals surface area contributed by atoms with Crippen LogP contribution >= 0.6 is 0 Å². The van der Waals surface area contributed by atoms with Gasteiger partial charge in [0.1, 0.15) is 22.8 Å². The lowest BCUT2D eigenvalue weighted by Crippen LogP contribution is -2.36. The lowest BCUT2D eigenvalue weighted by atomic mass is 10.1. The molecule has 0 unspecified atom stereocenters. The average Bonchev–Trinajstić information content (AvgIpc) is 3.38. The topological polar surface area (TPSA) is 231 Å². The van der Waals surface area contributed by atoms with E-state index in [1.54, 1.807) is 43.3 Å². The van der Waals surface area contributed by atoms with Gasteiger partial charge in [0.05, 0.1) is 11.6 Å². The van der Waals surface area contributed by atoms with Crippen LogP contribution in [0.2, 0.25) is 0 Å². The van der Waals surface area contributed by atoms with Crippen molar-refractivity contribution in [1.29, 1.82) is 0 Å². The van der Waals surface area contributed by atoms with Gasteiger partial charge in [0, 0.05) is 12.2 Å². The maximum absolute atomic E-state index is 13.2. The molecule has 0 aliphatic rings. The van der Waals surface area contributed by atoms with Crippen molar-refractivity contribution in [3.63, 3.8) is 0 Å². The number of H-pyrrole nitrogens is 1. The van der Waals surface area contributed by atoms with Crippen LogP contribution in [0.5, 0.6) is 0 Å². The molecular formula is C27H22N8O7. The number of fused-ring (bicyclic) bond motifs is 1. The monoisotopic (exact) mass is 570 g/mol. The van der Waals surface area contributed by atoms with E-state index in [0.29, 0.717) is 16.8 Å². The van der Waals surface area contributed by atoms with Crippen molar-refractivity contribution >= 4 is 40.6 Å². The number of carboxylic acids is 1. The van der Waals surface area contributed by atoms with Gasteiger partial charge < -0.3 is 26.8 Å². The van der Waals surface area contributed by atoms with Crippen molar-refractivity contribution in [3.05, 3.63) is 114 Å². The number of carbonyl (C=O) groups excluding carboxylic acids is 2. The fourth-order valence-electron chi connectivity index (χ4n) is 4.18. The molecule has 0 fully saturated rings. The second-order valence-electron chi connectivity index (χ2n) is 9.27. The number of nitrogen functional groups attached to an aromatic ring is 1. The van der Waals surface area contributed by atoms with E-state index in [9.17, 15) is 28.8 Å². The summed E-state index contributed by atoms with van der Waals surface area (Å²) in [5.41, 5.74) is 4.63. The number of nitrogens with zero attached hydrogens (tertiary/aromatic N) is 3. The zero-order valence-electron chi connectivity index (χ0n) is 21.8. The first-order valence-electron chi connectivity index (χ1n) is 12.4. The Balaban J connectivity index is 1.33. The van der Waals surface area contributed by atoms with E-state index in [0.717, 1.165) is 10.5 Å². The van der Waals surface area contributed by atoms with E-state index < -0.39 is 40.4 Å². The number of nitrogens with two attached hydrogens (primary N) is 1. The summed E-state index contributed by atoms with van der Waals surface area (Å²) < 4.78 is 0.925. The van der Waals surface area contributed by atoms with Gasteiger partial charge in [-0.05, 0) is 48.4 Å². The first kappa shape index (κ1) is 27.4. The minimum Gasteiger partial charge on any atom is -0.478 e. The van der Waals surface area contributed by atoms with Crippen molar-refractivity contribution < 1.29 is 19.5 Å². The molecule has 0 aliphatic heterocycles. The van der Waals surface area contributed by atoms with Gasteiger partial charge in [0.25, 0.3) is 28.4 Å². The summed E-state index contributed by atoms with van der Waals surface area (Å²) in [7, 11) is 0. The number of aromatic carboxylic acids is 1. The molecule has 2 heterocycles. The molecule has 7 N–H and O–H groups in total. The number of amides is 2. The van der Waals surface area contributed by atoms with Gasteiger partial charge in [-0.2, -0.15) is 0 Å². The van der Waals surface area contributed by atoms with Crippen molar-refractivity contribution in [2.24, 2.45) is 0 Å². The molecule has 15 nitrogen and oxygen atoms in total. The maximum Gasteiger partial charge on any atom is 0.349 e. The molecule has 0 saturated carbocycles. The molecule has 5 aromatic rings. The van der Waals surface area contributed by atoms with Crippen molar-refractivity contribution in [2.45, 2.75) is 19.5 Å². The lowest BCUT2D eigenvalue weighted by Gasteiger charge is -2.15. The van der Waals surface area contributed by atoms with Crippen molar-refractivity contribution in [2.75, 3.05) is 11.1 Å². The molecular weight excluding hydrogens is 548 g/mol. The molecule has 212 valence electrons. The summed E-state index contributed by atoms with van der Waals surface area (Å²) >= 11 is 0. The largest absolute Gasteiger partial charge is 0.478 e. The van der Waals surface area contributed by atoms with Gasteiger partial charge in [-0.15, -0.1) is 5.10 Å². The van der Waals surface area contributed by atoms with Gasteiger partial charge in [-0.3, -0.25) is 19.2 Å². The molecule has 2 amide bonds. The summed E-state index contributed by atoms with van der Waals surface area (Å²) in [5, 5.41) is 23.3. The number of aromatic nitrogens is 4. The molecule has 0 radical (unpaired) electrons. The molecule has 0 spiro atoms. The van der Waals surface area contributed by atoms with Crippen LogP contribution in [0.3, 0.4) is 0 Å². The minimum absolute atomic E-state index is 0.00494. The molecule has 42 heavy (non-hydrogen) atoms. The van der Waals surface area contributed by atoms with Crippen LogP contribution in [0, 0.1) is 0 Å². The summed E-state index contributed by atoms with van der Waals surface area (Å²) in [6, 6.07) is 13.2. The van der Waals surface area contributed by atoms with Crippen LogP contribution in [0.15, 0.2) is 69.0 Å². The zero-order chi connectivity index (χ0) is 30.1. The van der Waals surface area contributed by atoms with Crippen LogP contribution in [0.1, 0.15) is 55.4 Å². The molecule has 3 aromatic carbocycles. The second-order valence-corrected chi connectivity index (χ2v) is 9.27. The predicted molar refractivity (Wildman–Crippen MR) is 150 cm³/mol. The fraction of sp³-hybridized carbons (Fsp3) is 0.111. The first-order chi connectivity index (χ1) is 20.0. The smallest absolute Gasteiger partial charge is 0.349 e. The fourth-order valence-corrected chi connectivity index (χ4v) is 4.18. The Morgan fingerprint density at radius 2 is 1.76 bits per heavy atom. The summed E-state index contributed by atoms with van der Waals surface area (Å²) in [4.78, 5) is 76.8. The molecule has 2 aromatic heterocycles. The van der Waals surface area contributed by atoms with E-state index in [4.69, 9.17) is 10.8 Å². The highest BCUT2D eigenvalue weighted by atomic mass is 16.4. The van der Waals surface area contributed by atoms with E-state index in [1.807, 2.05) is 0 Å². The van der Waals surface area contributed by atoms with Gasteiger partial charge in [-0.25, -0.2) is 24.1 Å². The third-order valence-electron chi connectivity index (χ3n) is 6.46. The summed E-state index contributed by atoms with van der Waals surface area (Å²) in [6.07, 6.45) is 0. The standard InChI is InChI=1S/C27H22N8O7/c1-12(14-5-7-15(8-6-14)25(40)41)30-24(39)18-10-17(32-26-33-34-27(42)35(18)26)23(38)29-11-13-3-2-4-16(9-13)31-20-19(28)21(36)22(20)37/h2-10,12,31H,11,28H2,1H3,(H,29,38)(H,30,39)(H,34,42)(H,40,41)/t12-/m1/s1. The third kappa shape index (κ3) is 5.21. The van der Waals surface area contributed by atoms with Gasteiger partial charge in [0.15, 0.2) is 0 Å². The lowest BCUT2D eigenvalue weighted by molar-refractivity contribution is 0.0696. The molecule has 0 aliphatic carbocycles. The molecule has 0 bridgehead atoms. The van der Waals surface area contributed by atoms with Crippen LogP contribution in [0.4, 0.5) is 17.1 Å². The molecule has 0 saturated heterocycles. The zero-order valence-corrected chi connectivity index (χ0v) is 21.8. The normalized spacial score (nSPS) is 11.7. The predicted octanol–water partition coefficient (Wildman–Crippen LogP) is 0.459. The van der Waals surface area contributed by atoms with E-state index in [-0.39, 0.29) is 40.6 Å². The summed E-state index contributed by atoms with van der Waals surface area (Å²) in [6.45, 7) is 1.70. The Labute approximate surface area is 234 Å². The highest BCUT2D eigenvalue weighted by Crippen LogP contribution is 2.19. The first-order valence-corrected chi connectivity index (χ1v) is 12.4. The maximum atomic E-state index is 13.2. The number of hydrogen-bond acceptors (Lipinski definition) is 10. The van der Waals surface area contributed by atoms with E-state index in [2.05, 4.69) is 31.1 Å². The highest BCUT2D eigenvalue weighted by Gasteiger charge is 2.22. The average molecular weight is 571 g/mol. The Hall–Kier alpha value is -6.12. The number of anilines is 3. The Morgan fingerprint density at radius 3 is 2.45 bits per heavy atom. The Kier molecular flexibility index (Phi) is 7.06. The van der Waals surface area contributed by atoms with E-state index >= 15 is 0 Å². The van der Waals surface area contributed by atoms with E-state index in [1.165, 1.54) is 12.1 Å². The van der Waals surface area contributed by atoms with Crippen molar-refractivity contribution in [3.8, 4) is 0 Å². The minimum atomic E-state index is -1.09. The molecule has 15 heteroatoms. The van der Waals surface area contributed by atoms with Gasteiger partial charge >= 0.3 is 11.7 Å². The van der Waals surface area contributed by atoms with Crippen LogP contribution < -0.4 is 38.2 Å². The SMILES string of the molecule is C[C@@H](NC(=O)c1cc(C(=O)NCc2cccc(Nc3c(N)c(=O)c3=O)c2)nc2n[nH]c(=O)n12)c1ccc(C(=O)O)cc1. The number of hydrogen-bond donors (Lipinski definition) is 6. The van der Waals surface area contributed by atoms with Gasteiger partial charge in [-0.1, -0.05) is 24.3 Å². The molecule has 5 rings (SSSR count).